The molecule has 2 aromatic rings. The van der Waals surface area contributed by atoms with Crippen LogP contribution in [0.2, 0.25) is 0 Å². The van der Waals surface area contributed by atoms with Gasteiger partial charge in [-0.15, -0.1) is 11.3 Å². The summed E-state index contributed by atoms with van der Waals surface area (Å²) >= 11 is 1.64. The lowest BCUT2D eigenvalue weighted by Crippen LogP contribution is -2.42. The number of sulfone groups is 1. The molecule has 0 saturated carbocycles. The zero-order valence-electron chi connectivity index (χ0n) is 14.6. The van der Waals surface area contributed by atoms with Crippen molar-refractivity contribution in [3.05, 3.63) is 34.2 Å². The van der Waals surface area contributed by atoms with Gasteiger partial charge in [-0.3, -0.25) is 4.79 Å². The number of hydrogen-bond donors (Lipinski definition) is 1. The lowest BCUT2D eigenvalue weighted by molar-refractivity contribution is -0.120. The number of fused-ring (bicyclic) bond motifs is 1. The molecule has 1 saturated heterocycles. The van der Waals surface area contributed by atoms with Gasteiger partial charge in [0.15, 0.2) is 9.84 Å². The molecular weight excluding hydrogens is 370 g/mol. The molecular formula is C18H21N3O3S2. The normalized spacial score (nSPS) is 21.0. The van der Waals surface area contributed by atoms with Gasteiger partial charge in [-0.1, -0.05) is 6.07 Å². The highest BCUT2D eigenvalue weighted by molar-refractivity contribution is 7.91. The fourth-order valence-corrected chi connectivity index (χ4v) is 5.94. The molecule has 1 unspecified atom stereocenters. The molecule has 1 N–H and O–H groups in total. The van der Waals surface area contributed by atoms with Gasteiger partial charge in [0.2, 0.25) is 5.91 Å². The van der Waals surface area contributed by atoms with Crippen molar-refractivity contribution in [1.29, 1.82) is 0 Å². The highest BCUT2D eigenvalue weighted by Crippen LogP contribution is 2.32. The molecule has 3 heterocycles. The number of nitrogens with zero attached hydrogens (tertiary/aromatic N) is 2. The number of rotatable bonds is 4. The van der Waals surface area contributed by atoms with Crippen LogP contribution in [0.3, 0.4) is 0 Å². The number of anilines is 1. The summed E-state index contributed by atoms with van der Waals surface area (Å²) in [6.45, 7) is 3.06. The molecule has 0 radical (unpaired) electrons. The Labute approximate surface area is 157 Å². The summed E-state index contributed by atoms with van der Waals surface area (Å²) in [4.78, 5) is 18.9. The minimum Gasteiger partial charge on any atom is -0.362 e. The molecule has 0 bridgehead atoms. The minimum atomic E-state index is -2.98. The molecule has 1 aromatic heterocycles. The Hall–Kier alpha value is -1.93. The van der Waals surface area contributed by atoms with Crippen molar-refractivity contribution in [3.8, 4) is 11.3 Å². The maximum atomic E-state index is 12.3. The van der Waals surface area contributed by atoms with Crippen LogP contribution in [0.5, 0.6) is 0 Å². The highest BCUT2D eigenvalue weighted by Gasteiger charge is 2.30. The Bertz CT molecular complexity index is 952. The van der Waals surface area contributed by atoms with Crippen LogP contribution in [0.4, 0.5) is 5.69 Å². The number of thiazole rings is 1. The van der Waals surface area contributed by atoms with Crippen molar-refractivity contribution in [1.82, 2.24) is 10.3 Å². The van der Waals surface area contributed by atoms with E-state index in [1.165, 1.54) is 5.56 Å². The van der Waals surface area contributed by atoms with Gasteiger partial charge in [-0.05, 0) is 37.5 Å². The Morgan fingerprint density at radius 1 is 1.42 bits per heavy atom. The highest BCUT2D eigenvalue weighted by atomic mass is 32.2. The number of aromatic nitrogens is 1. The van der Waals surface area contributed by atoms with E-state index in [2.05, 4.69) is 32.7 Å². The molecule has 138 valence electrons. The monoisotopic (exact) mass is 391 g/mol. The molecule has 4 rings (SSSR count). The van der Waals surface area contributed by atoms with Crippen molar-refractivity contribution in [2.24, 2.45) is 0 Å². The number of nitrogens with one attached hydrogen (secondary N) is 1. The van der Waals surface area contributed by atoms with E-state index >= 15 is 0 Å². The molecule has 2 aliphatic heterocycles. The predicted octanol–water partition coefficient (Wildman–Crippen LogP) is 1.78. The number of carbonyl (C=O) groups excluding carboxylic acids is 1. The van der Waals surface area contributed by atoms with Crippen LogP contribution in [-0.2, 0) is 21.1 Å². The Balaban J connectivity index is 1.42. The van der Waals surface area contributed by atoms with Crippen LogP contribution < -0.4 is 10.2 Å². The molecule has 26 heavy (non-hydrogen) atoms. The Morgan fingerprint density at radius 3 is 2.96 bits per heavy atom. The zero-order chi connectivity index (χ0) is 18.3. The minimum absolute atomic E-state index is 0.0613. The zero-order valence-corrected chi connectivity index (χ0v) is 16.2. The van der Waals surface area contributed by atoms with Crippen molar-refractivity contribution in [2.45, 2.75) is 25.8 Å². The van der Waals surface area contributed by atoms with E-state index in [1.807, 2.05) is 13.0 Å². The Morgan fingerprint density at radius 2 is 2.27 bits per heavy atom. The summed E-state index contributed by atoms with van der Waals surface area (Å²) in [6, 6.07) is 6.02. The average molecular weight is 392 g/mol. The topological polar surface area (TPSA) is 79.4 Å². The molecule has 1 aromatic carbocycles. The molecule has 1 fully saturated rings. The largest absolute Gasteiger partial charge is 0.362 e. The van der Waals surface area contributed by atoms with Crippen LogP contribution >= 0.6 is 11.3 Å². The smallest absolute Gasteiger partial charge is 0.239 e. The second kappa shape index (κ2) is 6.66. The molecule has 1 atom stereocenters. The molecule has 0 spiro atoms. The van der Waals surface area contributed by atoms with Crippen LogP contribution in [0, 0.1) is 6.92 Å². The summed E-state index contributed by atoms with van der Waals surface area (Å²) in [5, 5.41) is 5.97. The number of aryl methyl sites for hydroxylation is 1. The quantitative estimate of drug-likeness (QED) is 0.860. The van der Waals surface area contributed by atoms with Gasteiger partial charge in [-0.2, -0.15) is 0 Å². The molecule has 2 aliphatic rings. The third-order valence-corrected chi connectivity index (χ3v) is 7.46. The summed E-state index contributed by atoms with van der Waals surface area (Å²) in [5.41, 5.74) is 4.41. The van der Waals surface area contributed by atoms with Crippen LogP contribution in [0.15, 0.2) is 23.6 Å². The first-order valence-corrected chi connectivity index (χ1v) is 11.4. The van der Waals surface area contributed by atoms with E-state index < -0.39 is 9.84 Å². The third kappa shape index (κ3) is 3.61. The predicted molar refractivity (Wildman–Crippen MR) is 103 cm³/mol. The maximum Gasteiger partial charge on any atom is 0.239 e. The maximum absolute atomic E-state index is 12.3. The van der Waals surface area contributed by atoms with Gasteiger partial charge in [0.1, 0.15) is 0 Å². The first kappa shape index (κ1) is 17.5. The second-order valence-corrected chi connectivity index (χ2v) is 10.2. The summed E-state index contributed by atoms with van der Waals surface area (Å²) < 4.78 is 23.0. The fraction of sp³-hybridized carbons (Fsp3) is 0.444. The van der Waals surface area contributed by atoms with Gasteiger partial charge in [-0.25, -0.2) is 13.4 Å². The van der Waals surface area contributed by atoms with Gasteiger partial charge in [0, 0.05) is 29.2 Å². The molecule has 0 aliphatic carbocycles. The van der Waals surface area contributed by atoms with Crippen molar-refractivity contribution >= 4 is 32.8 Å². The average Bonchev–Trinajstić information content (AvgIpc) is 3.27. The van der Waals surface area contributed by atoms with E-state index in [0.29, 0.717) is 6.42 Å². The van der Waals surface area contributed by atoms with Crippen LogP contribution in [0.25, 0.3) is 11.3 Å². The second-order valence-electron chi connectivity index (χ2n) is 6.93. The number of hydrogen-bond acceptors (Lipinski definition) is 6. The lowest BCUT2D eigenvalue weighted by atomic mass is 10.1. The van der Waals surface area contributed by atoms with E-state index in [1.54, 1.807) is 11.3 Å². The summed E-state index contributed by atoms with van der Waals surface area (Å²) in [7, 11) is -2.98. The molecule has 8 heteroatoms. The lowest BCUT2D eigenvalue weighted by Gasteiger charge is -2.20. The van der Waals surface area contributed by atoms with Gasteiger partial charge < -0.3 is 10.2 Å². The standard InChI is InChI=1S/C18H21N3O3S2/c1-12-19-16(10-25-12)13-2-3-17-14(8-13)4-6-21(17)9-18(22)20-15-5-7-26(23,24)11-15/h2-3,8,10,15H,4-7,9,11H2,1H3,(H,20,22). The number of benzene rings is 1. The van der Waals surface area contributed by atoms with E-state index in [9.17, 15) is 13.2 Å². The SMILES string of the molecule is Cc1nc(-c2ccc3c(c2)CCN3CC(=O)NC2CCS(=O)(=O)C2)cs1. The first-order chi connectivity index (χ1) is 12.4. The Kier molecular flexibility index (Phi) is 4.48. The van der Waals surface area contributed by atoms with Crippen molar-refractivity contribution in [3.63, 3.8) is 0 Å². The number of carbonyl (C=O) groups is 1. The van der Waals surface area contributed by atoms with Gasteiger partial charge in [0.05, 0.1) is 28.8 Å². The molecule has 1 amide bonds. The summed E-state index contributed by atoms with van der Waals surface area (Å²) in [6.07, 6.45) is 1.42. The summed E-state index contributed by atoms with van der Waals surface area (Å²) in [5.74, 6) is 0.119. The van der Waals surface area contributed by atoms with Crippen molar-refractivity contribution in [2.75, 3.05) is 29.5 Å². The van der Waals surface area contributed by atoms with E-state index in [0.717, 1.165) is 34.9 Å². The van der Waals surface area contributed by atoms with Crippen molar-refractivity contribution < 1.29 is 13.2 Å². The molecule has 6 nitrogen and oxygen atoms in total. The van der Waals surface area contributed by atoms with Gasteiger partial charge >= 0.3 is 0 Å². The first-order valence-electron chi connectivity index (χ1n) is 8.70. The number of amides is 1. The van der Waals surface area contributed by atoms with E-state index in [-0.39, 0.29) is 30.0 Å². The van der Waals surface area contributed by atoms with Gasteiger partial charge in [0.25, 0.3) is 0 Å². The van der Waals surface area contributed by atoms with Crippen LogP contribution in [0.1, 0.15) is 17.0 Å². The fourth-order valence-electron chi connectivity index (χ4n) is 3.65. The van der Waals surface area contributed by atoms with E-state index in [4.69, 9.17) is 0 Å². The third-order valence-electron chi connectivity index (χ3n) is 4.92. The van der Waals surface area contributed by atoms with Crippen LogP contribution in [-0.4, -0.2) is 49.9 Å².